The number of hydrogen-bond donors (Lipinski definition) is 1. The number of aliphatic hydroxyl groups is 1. The van der Waals surface area contributed by atoms with Crippen LogP contribution in [0.2, 0.25) is 0 Å². The summed E-state index contributed by atoms with van der Waals surface area (Å²) in [5, 5.41) is 11.9. The number of methoxy groups -OCH3 is 1. The molecule has 0 radical (unpaired) electrons. The first-order valence-corrected chi connectivity index (χ1v) is 13.5. The van der Waals surface area contributed by atoms with Gasteiger partial charge in [-0.3, -0.25) is 14.5 Å². The van der Waals surface area contributed by atoms with E-state index in [4.69, 9.17) is 14.2 Å². The second kappa shape index (κ2) is 10.9. The van der Waals surface area contributed by atoms with Crippen LogP contribution in [-0.4, -0.2) is 53.1 Å². The van der Waals surface area contributed by atoms with Crippen molar-refractivity contribution in [2.75, 3.05) is 25.2 Å². The third kappa shape index (κ3) is 4.76. The fraction of sp³-hybridized carbons (Fsp3) is 0.346. The van der Waals surface area contributed by atoms with Gasteiger partial charge in [0.15, 0.2) is 22.4 Å². The van der Waals surface area contributed by atoms with Gasteiger partial charge in [-0.2, -0.15) is 0 Å². The number of ketones is 1. The molecular weight excluding hydrogens is 530 g/mol. The molecule has 1 aromatic carbocycles. The predicted molar refractivity (Wildman–Crippen MR) is 143 cm³/mol. The first kappa shape index (κ1) is 27.3. The monoisotopic (exact) mass is 557 g/mol. The molecule has 38 heavy (non-hydrogen) atoms. The zero-order chi connectivity index (χ0) is 27.7. The van der Waals surface area contributed by atoms with Gasteiger partial charge in [0, 0.05) is 0 Å². The molecule has 1 amide bonds. The Hall–Kier alpha value is -3.77. The number of hydrogen-bond acceptors (Lipinski definition) is 11. The SMILES string of the molecule is CCOC(=O)c1sc(N2C(=O)C(O)=C(C(=O)c3sc(C)nc3C)C2c2ccc(OCC)c(OC)c2)nc1C. The van der Waals surface area contributed by atoms with Crippen molar-refractivity contribution in [2.24, 2.45) is 0 Å². The van der Waals surface area contributed by atoms with E-state index < -0.39 is 29.5 Å². The van der Waals surface area contributed by atoms with E-state index >= 15 is 0 Å². The van der Waals surface area contributed by atoms with Crippen molar-refractivity contribution in [1.82, 2.24) is 9.97 Å². The van der Waals surface area contributed by atoms with Crippen molar-refractivity contribution in [1.29, 1.82) is 0 Å². The standard InChI is InChI=1S/C26H27N3O7S2/c1-7-35-16-10-9-15(11-17(16)34-6)19-18(20(30)22-12(3)27-14(5)37-22)21(31)24(32)29(19)26-28-13(4)23(38-26)25(33)36-8-2/h9-11,19,31H,7-8H2,1-6H3. The number of benzene rings is 1. The Balaban J connectivity index is 1.90. The molecule has 0 saturated carbocycles. The highest BCUT2D eigenvalue weighted by molar-refractivity contribution is 7.17. The van der Waals surface area contributed by atoms with Gasteiger partial charge < -0.3 is 19.3 Å². The topological polar surface area (TPSA) is 128 Å². The van der Waals surface area contributed by atoms with Crippen LogP contribution < -0.4 is 14.4 Å². The van der Waals surface area contributed by atoms with E-state index in [-0.39, 0.29) is 22.2 Å². The third-order valence-electron chi connectivity index (χ3n) is 5.82. The van der Waals surface area contributed by atoms with Crippen LogP contribution in [0.25, 0.3) is 0 Å². The minimum absolute atomic E-state index is 0.112. The summed E-state index contributed by atoms with van der Waals surface area (Å²) in [6.45, 7) is 9.23. The van der Waals surface area contributed by atoms with Gasteiger partial charge in [-0.1, -0.05) is 17.4 Å². The van der Waals surface area contributed by atoms with Gasteiger partial charge in [0.05, 0.1) is 53.2 Å². The summed E-state index contributed by atoms with van der Waals surface area (Å²) in [5.41, 5.74) is 1.24. The maximum absolute atomic E-state index is 13.8. The fourth-order valence-corrected chi connectivity index (χ4v) is 6.08. The minimum Gasteiger partial charge on any atom is -0.503 e. The molecule has 2 aromatic heterocycles. The van der Waals surface area contributed by atoms with E-state index in [0.29, 0.717) is 44.9 Å². The number of aryl methyl sites for hydroxylation is 3. The lowest BCUT2D eigenvalue weighted by Gasteiger charge is -2.25. The smallest absolute Gasteiger partial charge is 0.350 e. The number of nitrogens with zero attached hydrogens (tertiary/aromatic N) is 3. The Labute approximate surface area is 227 Å². The van der Waals surface area contributed by atoms with Gasteiger partial charge in [0.25, 0.3) is 5.91 Å². The van der Waals surface area contributed by atoms with E-state index in [2.05, 4.69) is 9.97 Å². The van der Waals surface area contributed by atoms with Crippen molar-refractivity contribution >= 4 is 45.5 Å². The number of carbonyl (C=O) groups is 3. The van der Waals surface area contributed by atoms with Crippen LogP contribution >= 0.6 is 22.7 Å². The van der Waals surface area contributed by atoms with Crippen LogP contribution in [0.3, 0.4) is 0 Å². The Morgan fingerprint density at radius 1 is 1.03 bits per heavy atom. The molecule has 0 fully saturated rings. The maximum Gasteiger partial charge on any atom is 0.350 e. The molecule has 1 unspecified atom stereocenters. The minimum atomic E-state index is -1.05. The predicted octanol–water partition coefficient (Wildman–Crippen LogP) is 4.89. The summed E-state index contributed by atoms with van der Waals surface area (Å²) >= 11 is 2.14. The van der Waals surface area contributed by atoms with Crippen molar-refractivity contribution in [2.45, 2.75) is 40.7 Å². The van der Waals surface area contributed by atoms with Crippen molar-refractivity contribution in [3.8, 4) is 11.5 Å². The largest absolute Gasteiger partial charge is 0.503 e. The summed E-state index contributed by atoms with van der Waals surface area (Å²) in [7, 11) is 1.48. The van der Waals surface area contributed by atoms with Gasteiger partial charge in [-0.15, -0.1) is 11.3 Å². The average Bonchev–Trinajstić information content (AvgIpc) is 3.51. The van der Waals surface area contributed by atoms with Crippen LogP contribution in [0, 0.1) is 20.8 Å². The number of aromatic nitrogens is 2. The van der Waals surface area contributed by atoms with Gasteiger partial charge in [-0.25, -0.2) is 14.8 Å². The third-order valence-corrected chi connectivity index (χ3v) is 8.03. The zero-order valence-corrected chi connectivity index (χ0v) is 23.4. The van der Waals surface area contributed by atoms with Crippen molar-refractivity contribution in [3.05, 3.63) is 61.2 Å². The number of aliphatic hydroxyl groups excluding tert-OH is 1. The van der Waals surface area contributed by atoms with E-state index in [9.17, 15) is 19.5 Å². The average molecular weight is 558 g/mol. The number of amides is 1. The van der Waals surface area contributed by atoms with Crippen LogP contribution in [0.1, 0.15) is 61.2 Å². The Morgan fingerprint density at radius 2 is 1.74 bits per heavy atom. The Kier molecular flexibility index (Phi) is 7.83. The number of ether oxygens (including phenoxy) is 3. The highest BCUT2D eigenvalue weighted by atomic mass is 32.1. The van der Waals surface area contributed by atoms with Crippen molar-refractivity contribution in [3.63, 3.8) is 0 Å². The first-order valence-electron chi connectivity index (χ1n) is 11.8. The van der Waals surface area contributed by atoms with Gasteiger partial charge >= 0.3 is 5.97 Å². The fourth-order valence-electron chi connectivity index (χ4n) is 4.21. The zero-order valence-electron chi connectivity index (χ0n) is 21.8. The van der Waals surface area contributed by atoms with Crippen LogP contribution in [-0.2, 0) is 9.53 Å². The second-order valence-corrected chi connectivity index (χ2v) is 10.5. The molecule has 1 aliphatic rings. The quantitative estimate of drug-likeness (QED) is 0.289. The molecule has 200 valence electrons. The summed E-state index contributed by atoms with van der Waals surface area (Å²) in [6.07, 6.45) is 0. The molecule has 4 rings (SSSR count). The normalized spacial score (nSPS) is 15.3. The Morgan fingerprint density at radius 3 is 2.34 bits per heavy atom. The van der Waals surface area contributed by atoms with E-state index in [1.807, 2.05) is 6.92 Å². The molecule has 1 atom stereocenters. The Bertz CT molecular complexity index is 1460. The van der Waals surface area contributed by atoms with Crippen LogP contribution in [0.4, 0.5) is 5.13 Å². The molecule has 0 aliphatic carbocycles. The molecular formula is C26H27N3O7S2. The summed E-state index contributed by atoms with van der Waals surface area (Å²) < 4.78 is 16.3. The molecule has 1 N–H and O–H groups in total. The van der Waals surface area contributed by atoms with Crippen molar-refractivity contribution < 1.29 is 33.7 Å². The summed E-state index contributed by atoms with van der Waals surface area (Å²) in [6, 6.07) is 3.97. The highest BCUT2D eigenvalue weighted by Gasteiger charge is 2.47. The molecule has 3 heterocycles. The number of esters is 1. The molecule has 0 saturated heterocycles. The first-order chi connectivity index (χ1) is 18.1. The maximum atomic E-state index is 13.8. The summed E-state index contributed by atoms with van der Waals surface area (Å²) in [4.78, 5) is 50.3. The lowest BCUT2D eigenvalue weighted by Crippen LogP contribution is -2.31. The lowest BCUT2D eigenvalue weighted by molar-refractivity contribution is -0.117. The molecule has 1 aliphatic heterocycles. The summed E-state index contributed by atoms with van der Waals surface area (Å²) in [5.74, 6) is -1.71. The molecule has 12 heteroatoms. The number of anilines is 1. The van der Waals surface area contributed by atoms with E-state index in [1.54, 1.807) is 45.9 Å². The lowest BCUT2D eigenvalue weighted by atomic mass is 9.95. The van der Waals surface area contributed by atoms with Gasteiger partial charge in [0.2, 0.25) is 5.78 Å². The van der Waals surface area contributed by atoms with E-state index in [1.165, 1.54) is 23.3 Å². The van der Waals surface area contributed by atoms with Crippen LogP contribution in [0.15, 0.2) is 29.5 Å². The van der Waals surface area contributed by atoms with E-state index in [0.717, 1.165) is 11.3 Å². The number of rotatable bonds is 9. The highest BCUT2D eigenvalue weighted by Crippen LogP contribution is 2.46. The second-order valence-electron chi connectivity index (χ2n) is 8.29. The molecule has 3 aromatic rings. The number of Topliss-reactive ketones (excluding diaryl/α,β-unsaturated/α-hetero) is 1. The van der Waals surface area contributed by atoms with Gasteiger partial charge in [0.1, 0.15) is 4.88 Å². The molecule has 0 spiro atoms. The number of thiazole rings is 2. The van der Waals surface area contributed by atoms with Crippen LogP contribution in [0.5, 0.6) is 11.5 Å². The van der Waals surface area contributed by atoms with Gasteiger partial charge in [-0.05, 0) is 52.3 Å². The number of carbonyl (C=O) groups excluding carboxylic acids is 3. The molecule has 0 bridgehead atoms. The molecule has 10 nitrogen and oxygen atoms in total.